The van der Waals surface area contributed by atoms with Crippen LogP contribution in [0, 0.1) is 0 Å². The number of esters is 1. The molecule has 0 bridgehead atoms. The number of halogens is 4. The van der Waals surface area contributed by atoms with Gasteiger partial charge >= 0.3 is 25.3 Å². The number of nitrogens with one attached hydrogen (secondary N) is 1. The average molecular weight is 571 g/mol. The van der Waals surface area contributed by atoms with E-state index in [0.717, 1.165) is 12.3 Å². The van der Waals surface area contributed by atoms with Gasteiger partial charge in [-0.3, -0.25) is 13.9 Å². The predicted molar refractivity (Wildman–Crippen MR) is 121 cm³/mol. The van der Waals surface area contributed by atoms with Crippen LogP contribution in [0.5, 0.6) is 5.75 Å². The number of hydrogen-bond acceptors (Lipinski definition) is 10. The molecular formula is C19H19Cl2F2N4O8P. The number of anilines is 1. The number of benzene rings is 1. The molecule has 2 fully saturated rings. The van der Waals surface area contributed by atoms with E-state index < -0.39 is 56.4 Å². The minimum absolute atomic E-state index is 0.0426. The average Bonchev–Trinajstić information content (AvgIpc) is 3.29. The highest BCUT2D eigenvalue weighted by molar-refractivity contribution is 7.52. The van der Waals surface area contributed by atoms with Gasteiger partial charge < -0.3 is 24.8 Å². The molecule has 2 aromatic rings. The third kappa shape index (κ3) is 5.49. The maximum Gasteiger partial charge on any atom is 0.459 e. The molecule has 0 amide bonds. The number of aliphatic hydroxyl groups is 1. The van der Waals surface area contributed by atoms with Crippen molar-refractivity contribution in [3.05, 3.63) is 51.0 Å². The summed E-state index contributed by atoms with van der Waals surface area (Å²) in [5.41, 5.74) is 4.24. The lowest BCUT2D eigenvalue weighted by Gasteiger charge is -2.24. The van der Waals surface area contributed by atoms with Gasteiger partial charge in [0.15, 0.2) is 6.10 Å². The minimum atomic E-state index is -4.51. The highest BCUT2D eigenvalue weighted by atomic mass is 35.5. The van der Waals surface area contributed by atoms with Crippen LogP contribution in [0.1, 0.15) is 12.6 Å². The Morgan fingerprint density at radius 3 is 2.72 bits per heavy atom. The Morgan fingerprint density at radius 1 is 1.33 bits per heavy atom. The standard InChI is InChI=1S/C19H19Cl2F2N4O8P/c20-9-1-2-12(10(21)7-9)35-36(31,26-11-4-6-32-16(11)29)33-8-13-15(28)19(22,23)17(34-13)27-5-3-14(24)25-18(27)30/h1-3,5,7,11,13,15,17,28H,4,6,8H2,(H,26,31)(H2,24,25,30)/t11-,13+,15+,17+,36?/m0/s1. The molecule has 2 aliphatic rings. The quantitative estimate of drug-likeness (QED) is 0.314. The van der Waals surface area contributed by atoms with E-state index in [4.69, 9.17) is 47.5 Å². The predicted octanol–water partition coefficient (Wildman–Crippen LogP) is 2.13. The first-order valence-electron chi connectivity index (χ1n) is 10.3. The number of cyclic esters (lactones) is 1. The molecule has 12 nitrogen and oxygen atoms in total. The first-order valence-corrected chi connectivity index (χ1v) is 12.6. The molecule has 36 heavy (non-hydrogen) atoms. The van der Waals surface area contributed by atoms with Gasteiger partial charge in [-0.25, -0.2) is 9.36 Å². The first-order chi connectivity index (χ1) is 16.9. The Morgan fingerprint density at radius 2 is 2.08 bits per heavy atom. The molecule has 0 spiro atoms. The van der Waals surface area contributed by atoms with Crippen LogP contribution in [-0.4, -0.2) is 58.0 Å². The summed E-state index contributed by atoms with van der Waals surface area (Å²) < 4.78 is 64.3. The maximum absolute atomic E-state index is 14.8. The Bertz CT molecular complexity index is 1270. The summed E-state index contributed by atoms with van der Waals surface area (Å²) in [6.45, 7) is -0.859. The number of aliphatic hydroxyl groups excluding tert-OH is 1. The van der Waals surface area contributed by atoms with Gasteiger partial charge in [0.25, 0.3) is 0 Å². The van der Waals surface area contributed by atoms with E-state index in [1.54, 1.807) is 0 Å². The van der Waals surface area contributed by atoms with Crippen molar-refractivity contribution in [2.75, 3.05) is 18.9 Å². The molecule has 1 aromatic carbocycles. The Kier molecular flexibility index (Phi) is 7.58. The number of nitrogen functional groups attached to an aromatic ring is 1. The number of carbonyl (C=O) groups excluding carboxylic acids is 1. The number of nitrogens with zero attached hydrogens (tertiary/aromatic N) is 2. The molecule has 1 aromatic heterocycles. The molecule has 1 unspecified atom stereocenters. The van der Waals surface area contributed by atoms with Gasteiger partial charge in [0, 0.05) is 17.6 Å². The third-order valence-electron chi connectivity index (χ3n) is 5.25. The fourth-order valence-corrected chi connectivity index (χ4v) is 5.51. The fraction of sp³-hybridized carbons (Fsp3) is 0.421. The normalized spacial score (nSPS) is 27.0. The number of nitrogens with two attached hydrogens (primary N) is 1. The molecule has 0 radical (unpaired) electrons. The minimum Gasteiger partial charge on any atom is -0.464 e. The number of ether oxygens (including phenoxy) is 2. The number of carbonyl (C=O) groups is 1. The van der Waals surface area contributed by atoms with Crippen LogP contribution < -0.4 is 21.0 Å². The van der Waals surface area contributed by atoms with Crippen LogP contribution in [0.15, 0.2) is 35.3 Å². The number of alkyl halides is 2. The molecule has 196 valence electrons. The maximum atomic E-state index is 14.8. The Balaban J connectivity index is 1.55. The van der Waals surface area contributed by atoms with E-state index in [0.29, 0.717) is 4.57 Å². The fourth-order valence-electron chi connectivity index (χ4n) is 3.45. The van der Waals surface area contributed by atoms with Crippen molar-refractivity contribution in [3.63, 3.8) is 0 Å². The zero-order valence-corrected chi connectivity index (χ0v) is 20.5. The molecule has 2 saturated heterocycles. The van der Waals surface area contributed by atoms with Crippen LogP contribution in [0.3, 0.4) is 0 Å². The lowest BCUT2D eigenvalue weighted by atomic mass is 10.1. The van der Waals surface area contributed by atoms with Crippen molar-refractivity contribution in [1.82, 2.24) is 14.6 Å². The molecule has 3 heterocycles. The molecule has 17 heteroatoms. The topological polar surface area (TPSA) is 164 Å². The van der Waals surface area contributed by atoms with Crippen molar-refractivity contribution in [2.45, 2.75) is 36.8 Å². The van der Waals surface area contributed by atoms with E-state index in [2.05, 4.69) is 10.1 Å². The molecule has 0 aliphatic carbocycles. The monoisotopic (exact) mass is 570 g/mol. The first kappa shape index (κ1) is 26.7. The summed E-state index contributed by atoms with van der Waals surface area (Å²) in [6, 6.07) is 3.95. The van der Waals surface area contributed by atoms with Gasteiger partial charge in [0.2, 0.25) is 6.23 Å². The summed E-state index contributed by atoms with van der Waals surface area (Å²) in [5.74, 6) is -5.06. The zero-order chi connectivity index (χ0) is 26.3. The lowest BCUT2D eigenvalue weighted by molar-refractivity contribution is -0.141. The van der Waals surface area contributed by atoms with E-state index in [1.165, 1.54) is 18.2 Å². The van der Waals surface area contributed by atoms with Crippen LogP contribution >= 0.6 is 30.9 Å². The van der Waals surface area contributed by atoms with Crippen molar-refractivity contribution in [2.24, 2.45) is 0 Å². The van der Waals surface area contributed by atoms with E-state index in [1.807, 2.05) is 0 Å². The van der Waals surface area contributed by atoms with Crippen LogP contribution in [0.25, 0.3) is 0 Å². The van der Waals surface area contributed by atoms with Gasteiger partial charge in [0.1, 0.15) is 23.7 Å². The summed E-state index contributed by atoms with van der Waals surface area (Å²) in [4.78, 5) is 27.3. The second kappa shape index (κ2) is 10.2. The number of rotatable bonds is 8. The zero-order valence-electron chi connectivity index (χ0n) is 18.1. The summed E-state index contributed by atoms with van der Waals surface area (Å²) in [5, 5.41) is 12.8. The van der Waals surface area contributed by atoms with Crippen LogP contribution in [-0.2, 0) is 23.4 Å². The van der Waals surface area contributed by atoms with Crippen molar-refractivity contribution in [1.29, 1.82) is 0 Å². The molecule has 0 saturated carbocycles. The van der Waals surface area contributed by atoms with E-state index >= 15 is 0 Å². The van der Waals surface area contributed by atoms with Gasteiger partial charge in [-0.15, -0.1) is 0 Å². The summed E-state index contributed by atoms with van der Waals surface area (Å²) >= 11 is 11.9. The van der Waals surface area contributed by atoms with Crippen LogP contribution in [0.2, 0.25) is 10.0 Å². The Hall–Kier alpha value is -2.32. The van der Waals surface area contributed by atoms with Crippen molar-refractivity contribution < 1.29 is 41.8 Å². The summed E-state index contributed by atoms with van der Waals surface area (Å²) in [7, 11) is -4.51. The highest BCUT2D eigenvalue weighted by Gasteiger charge is 2.60. The molecule has 2 aliphatic heterocycles. The second-order valence-corrected chi connectivity index (χ2v) is 10.3. The van der Waals surface area contributed by atoms with Crippen LogP contribution in [0.4, 0.5) is 14.6 Å². The smallest absolute Gasteiger partial charge is 0.459 e. The largest absolute Gasteiger partial charge is 0.464 e. The third-order valence-corrected chi connectivity index (χ3v) is 7.34. The Labute approximate surface area is 211 Å². The second-order valence-electron chi connectivity index (χ2n) is 7.79. The molecule has 5 atom stereocenters. The van der Waals surface area contributed by atoms with E-state index in [9.17, 15) is 28.0 Å². The molecule has 4 rings (SSSR count). The van der Waals surface area contributed by atoms with Gasteiger partial charge in [0.05, 0.1) is 18.2 Å². The van der Waals surface area contributed by atoms with Crippen molar-refractivity contribution >= 4 is 42.7 Å². The summed E-state index contributed by atoms with van der Waals surface area (Å²) in [6.07, 6.45) is -5.45. The highest BCUT2D eigenvalue weighted by Crippen LogP contribution is 2.49. The SMILES string of the molecule is Nc1ccn([C@@H]2O[C@H](COP(=O)(N[C@H]3CCOC3=O)Oc3ccc(Cl)cc3Cl)[C@@H](O)C2(F)F)c(=O)n1. The lowest BCUT2D eigenvalue weighted by Crippen LogP contribution is -2.42. The van der Waals surface area contributed by atoms with Gasteiger partial charge in [-0.05, 0) is 24.3 Å². The van der Waals surface area contributed by atoms with E-state index in [-0.39, 0.29) is 34.6 Å². The molecule has 4 N–H and O–H groups in total. The molecular weight excluding hydrogens is 552 g/mol. The van der Waals surface area contributed by atoms with Gasteiger partial charge in [-0.2, -0.15) is 18.9 Å². The van der Waals surface area contributed by atoms with Gasteiger partial charge in [-0.1, -0.05) is 23.2 Å². The number of aromatic nitrogens is 2. The van der Waals surface area contributed by atoms with Crippen molar-refractivity contribution in [3.8, 4) is 5.75 Å². The number of hydrogen-bond donors (Lipinski definition) is 3.